The van der Waals surface area contributed by atoms with E-state index in [9.17, 15) is 5.11 Å². The molecule has 0 bridgehead atoms. The van der Waals surface area contributed by atoms with Crippen LogP contribution >= 0.6 is 0 Å². The molecule has 1 N–H and O–H groups in total. The third-order valence-electron chi connectivity index (χ3n) is 2.50. The third kappa shape index (κ3) is 4.75. The summed E-state index contributed by atoms with van der Waals surface area (Å²) >= 11 is 0. The Kier molecular flexibility index (Phi) is 6.67. The van der Waals surface area contributed by atoms with Gasteiger partial charge in [-0.15, -0.1) is 0 Å². The summed E-state index contributed by atoms with van der Waals surface area (Å²) in [5.41, 5.74) is 0.852. The van der Waals surface area contributed by atoms with Gasteiger partial charge < -0.3 is 14.6 Å². The quantitative estimate of drug-likeness (QED) is 0.708. The number of para-hydroxylation sites is 1. The Morgan fingerprint density at radius 2 is 1.88 bits per heavy atom. The van der Waals surface area contributed by atoms with Gasteiger partial charge >= 0.3 is 0 Å². The molecule has 0 amide bonds. The van der Waals surface area contributed by atoms with E-state index in [1.807, 2.05) is 31.2 Å². The van der Waals surface area contributed by atoms with Gasteiger partial charge in [0.15, 0.2) is 0 Å². The molecule has 0 unspecified atom stereocenters. The molecule has 0 aliphatic rings. The highest BCUT2D eigenvalue weighted by Crippen LogP contribution is 2.26. The van der Waals surface area contributed by atoms with E-state index in [4.69, 9.17) is 9.47 Å². The smallest absolute Gasteiger partial charge is 0.125 e. The second kappa shape index (κ2) is 8.09. The van der Waals surface area contributed by atoms with Crippen molar-refractivity contribution in [1.82, 2.24) is 0 Å². The van der Waals surface area contributed by atoms with Crippen molar-refractivity contribution in [3.05, 3.63) is 29.8 Å². The summed E-state index contributed by atoms with van der Waals surface area (Å²) in [6.45, 7) is 5.90. The highest BCUT2D eigenvalue weighted by molar-refractivity contribution is 5.34. The zero-order valence-corrected chi connectivity index (χ0v) is 10.7. The molecule has 17 heavy (non-hydrogen) atoms. The average molecular weight is 238 g/mol. The summed E-state index contributed by atoms with van der Waals surface area (Å²) in [4.78, 5) is 0. The fourth-order valence-electron chi connectivity index (χ4n) is 1.56. The minimum atomic E-state index is -0.456. The molecule has 96 valence electrons. The van der Waals surface area contributed by atoms with Crippen molar-refractivity contribution in [1.29, 1.82) is 0 Å². The molecule has 0 heterocycles. The van der Waals surface area contributed by atoms with Crippen molar-refractivity contribution in [2.45, 2.75) is 32.8 Å². The Labute approximate surface area is 103 Å². The number of benzene rings is 1. The third-order valence-corrected chi connectivity index (χ3v) is 2.50. The molecule has 3 nitrogen and oxygen atoms in total. The van der Waals surface area contributed by atoms with Crippen LogP contribution < -0.4 is 4.74 Å². The molecule has 0 fully saturated rings. The van der Waals surface area contributed by atoms with Crippen molar-refractivity contribution >= 4 is 0 Å². The minimum Gasteiger partial charge on any atom is -0.491 e. The lowest BCUT2D eigenvalue weighted by atomic mass is 10.1. The molecule has 0 spiro atoms. The van der Waals surface area contributed by atoms with Gasteiger partial charge in [0.1, 0.15) is 12.4 Å². The fraction of sp³-hybridized carbons (Fsp3) is 0.571. The maximum atomic E-state index is 9.84. The zero-order valence-electron chi connectivity index (χ0n) is 10.7. The fourth-order valence-corrected chi connectivity index (χ4v) is 1.56. The van der Waals surface area contributed by atoms with Gasteiger partial charge in [-0.25, -0.2) is 0 Å². The highest BCUT2D eigenvalue weighted by Gasteiger charge is 2.10. The molecular weight excluding hydrogens is 216 g/mol. The van der Waals surface area contributed by atoms with E-state index in [-0.39, 0.29) is 0 Å². The van der Waals surface area contributed by atoms with Gasteiger partial charge in [0.2, 0.25) is 0 Å². The molecule has 1 rings (SSSR count). The van der Waals surface area contributed by atoms with Crippen molar-refractivity contribution in [3.63, 3.8) is 0 Å². The highest BCUT2D eigenvalue weighted by atomic mass is 16.5. The van der Waals surface area contributed by atoms with Gasteiger partial charge in [0, 0.05) is 12.2 Å². The lowest BCUT2D eigenvalue weighted by Crippen LogP contribution is -2.09. The summed E-state index contributed by atoms with van der Waals surface area (Å²) in [5.74, 6) is 0.752. The summed E-state index contributed by atoms with van der Waals surface area (Å²) < 4.78 is 11.0. The number of rotatable bonds is 8. The van der Waals surface area contributed by atoms with Crippen molar-refractivity contribution < 1.29 is 14.6 Å². The summed E-state index contributed by atoms with van der Waals surface area (Å²) in [5, 5.41) is 9.84. The molecule has 1 aromatic carbocycles. The van der Waals surface area contributed by atoms with Crippen LogP contribution in [0.2, 0.25) is 0 Å². The number of hydrogen-bond acceptors (Lipinski definition) is 3. The monoisotopic (exact) mass is 238 g/mol. The topological polar surface area (TPSA) is 38.7 Å². The molecule has 3 heteroatoms. The number of ether oxygens (including phenoxy) is 2. The van der Waals surface area contributed by atoms with Gasteiger partial charge in [0.25, 0.3) is 0 Å². The molecule has 1 aromatic rings. The lowest BCUT2D eigenvalue weighted by molar-refractivity contribution is 0.0980. The first-order valence-electron chi connectivity index (χ1n) is 6.27. The van der Waals surface area contributed by atoms with Crippen molar-refractivity contribution in [2.24, 2.45) is 0 Å². The van der Waals surface area contributed by atoms with Gasteiger partial charge in [0.05, 0.1) is 12.7 Å². The lowest BCUT2D eigenvalue weighted by Gasteiger charge is -2.14. The van der Waals surface area contributed by atoms with Crippen molar-refractivity contribution in [2.75, 3.05) is 19.8 Å². The Bertz CT molecular complexity index is 312. The Morgan fingerprint density at radius 3 is 2.59 bits per heavy atom. The van der Waals surface area contributed by atoms with Crippen LogP contribution in [0.1, 0.15) is 38.4 Å². The van der Waals surface area contributed by atoms with Crippen LogP contribution in [-0.4, -0.2) is 24.9 Å². The van der Waals surface area contributed by atoms with Gasteiger partial charge in [-0.1, -0.05) is 32.0 Å². The number of aliphatic hydroxyl groups is 1. The van der Waals surface area contributed by atoms with E-state index in [0.29, 0.717) is 19.6 Å². The molecule has 0 aliphatic carbocycles. The number of aliphatic hydroxyl groups excluding tert-OH is 1. The Hall–Kier alpha value is -1.06. The second-order valence-electron chi connectivity index (χ2n) is 3.92. The van der Waals surface area contributed by atoms with E-state index in [1.54, 1.807) is 0 Å². The zero-order chi connectivity index (χ0) is 12.5. The minimum absolute atomic E-state index is 0.456. The van der Waals surface area contributed by atoms with Crippen LogP contribution in [0.25, 0.3) is 0 Å². The van der Waals surface area contributed by atoms with Crippen molar-refractivity contribution in [3.8, 4) is 5.75 Å². The maximum Gasteiger partial charge on any atom is 0.125 e. The summed E-state index contributed by atoms with van der Waals surface area (Å²) in [7, 11) is 0. The average Bonchev–Trinajstić information content (AvgIpc) is 2.38. The predicted molar refractivity (Wildman–Crippen MR) is 68.3 cm³/mol. The van der Waals surface area contributed by atoms with E-state index >= 15 is 0 Å². The predicted octanol–water partition coefficient (Wildman–Crippen LogP) is 2.94. The molecule has 0 aliphatic heterocycles. The standard InChI is InChI=1S/C14H22O3/c1-3-9-16-10-11-17-14-8-6-5-7-12(14)13(15)4-2/h5-8,13,15H,3-4,9-11H2,1-2H3/t13-/m0/s1. The Balaban J connectivity index is 2.46. The first kappa shape index (κ1) is 14.0. The first-order chi connectivity index (χ1) is 8.29. The molecule has 0 aromatic heterocycles. The SMILES string of the molecule is CCCOCCOc1ccccc1[C@@H](O)CC. The Morgan fingerprint density at radius 1 is 1.12 bits per heavy atom. The molecular formula is C14H22O3. The van der Waals surface area contributed by atoms with E-state index < -0.39 is 6.10 Å². The van der Waals surface area contributed by atoms with Crippen LogP contribution in [0.5, 0.6) is 5.75 Å². The van der Waals surface area contributed by atoms with Gasteiger partial charge in [-0.05, 0) is 18.9 Å². The molecule has 1 atom stereocenters. The normalized spacial score (nSPS) is 12.4. The van der Waals surface area contributed by atoms with Gasteiger partial charge in [-0.2, -0.15) is 0 Å². The maximum absolute atomic E-state index is 9.84. The first-order valence-corrected chi connectivity index (χ1v) is 6.27. The number of hydrogen-bond donors (Lipinski definition) is 1. The molecule has 0 radical (unpaired) electrons. The van der Waals surface area contributed by atoms with Crippen LogP contribution in [0.4, 0.5) is 0 Å². The van der Waals surface area contributed by atoms with Crippen LogP contribution in [0.15, 0.2) is 24.3 Å². The van der Waals surface area contributed by atoms with E-state index in [0.717, 1.165) is 24.3 Å². The van der Waals surface area contributed by atoms with Gasteiger partial charge in [-0.3, -0.25) is 0 Å². The second-order valence-corrected chi connectivity index (χ2v) is 3.92. The van der Waals surface area contributed by atoms with Crippen LogP contribution in [0, 0.1) is 0 Å². The van der Waals surface area contributed by atoms with E-state index in [1.165, 1.54) is 0 Å². The van der Waals surface area contributed by atoms with E-state index in [2.05, 4.69) is 6.92 Å². The largest absolute Gasteiger partial charge is 0.491 e. The molecule has 0 saturated carbocycles. The van der Waals surface area contributed by atoms with Crippen LogP contribution in [0.3, 0.4) is 0 Å². The van der Waals surface area contributed by atoms with Crippen LogP contribution in [-0.2, 0) is 4.74 Å². The molecule has 0 saturated heterocycles. The summed E-state index contributed by atoms with van der Waals surface area (Å²) in [6, 6.07) is 7.60. The summed E-state index contributed by atoms with van der Waals surface area (Å²) in [6.07, 6.45) is 1.25.